The first kappa shape index (κ1) is 27.6. The Labute approximate surface area is 152 Å². The first-order valence-electron chi connectivity index (χ1n) is 9.69. The number of aromatic nitrogens is 1. The molecule has 1 aromatic heterocycles. The molecule has 0 radical (unpaired) electrons. The largest absolute Gasteiger partial charge is 0.481 e. The van der Waals surface area contributed by atoms with Crippen molar-refractivity contribution in [2.45, 2.75) is 67.7 Å². The molecule has 4 nitrogen and oxygen atoms in total. The summed E-state index contributed by atoms with van der Waals surface area (Å²) in [7, 11) is 3.80. The van der Waals surface area contributed by atoms with E-state index >= 15 is 0 Å². The van der Waals surface area contributed by atoms with Crippen molar-refractivity contribution in [2.24, 2.45) is 0 Å². The Morgan fingerprint density at radius 3 is 1.92 bits per heavy atom. The summed E-state index contributed by atoms with van der Waals surface area (Å²) in [6.45, 7) is 17.5. The van der Waals surface area contributed by atoms with E-state index in [1.54, 1.807) is 7.11 Å². The smallest absolute Gasteiger partial charge is 0.214 e. The minimum absolute atomic E-state index is 0.642. The van der Waals surface area contributed by atoms with Gasteiger partial charge < -0.3 is 15.0 Å². The lowest BCUT2D eigenvalue weighted by Gasteiger charge is -2.20. The maximum atomic E-state index is 4.95. The molecular weight excluding hydrogens is 298 g/mol. The molecule has 0 atom stereocenters. The van der Waals surface area contributed by atoms with Gasteiger partial charge in [0.05, 0.1) is 7.11 Å². The van der Waals surface area contributed by atoms with Gasteiger partial charge in [-0.25, -0.2) is 0 Å². The minimum Gasteiger partial charge on any atom is -0.481 e. The van der Waals surface area contributed by atoms with Gasteiger partial charge in [-0.2, -0.15) is 4.98 Å². The van der Waals surface area contributed by atoms with Gasteiger partial charge in [-0.1, -0.05) is 54.0 Å². The summed E-state index contributed by atoms with van der Waals surface area (Å²) in [4.78, 5) is 6.54. The lowest BCUT2D eigenvalue weighted by atomic mass is 10.1. The molecular formula is C20H43N3O. The summed E-state index contributed by atoms with van der Waals surface area (Å²) in [6.07, 6.45) is 4.28. The Bertz CT molecular complexity index is 326. The molecule has 1 aliphatic heterocycles. The number of nitrogens with zero attached hydrogens (tertiary/aromatic N) is 2. The molecule has 1 N–H and O–H groups in total. The van der Waals surface area contributed by atoms with E-state index in [1.807, 2.05) is 66.7 Å². The minimum atomic E-state index is 0.642. The van der Waals surface area contributed by atoms with E-state index in [4.69, 9.17) is 4.74 Å². The van der Waals surface area contributed by atoms with Crippen LogP contribution in [0.25, 0.3) is 0 Å². The van der Waals surface area contributed by atoms with Crippen molar-refractivity contribution in [3.8, 4) is 5.88 Å². The highest BCUT2D eigenvalue weighted by Gasteiger charge is 2.02. The molecule has 0 aliphatic carbocycles. The molecule has 2 rings (SSSR count). The van der Waals surface area contributed by atoms with Crippen LogP contribution in [0.2, 0.25) is 0 Å². The highest BCUT2D eigenvalue weighted by Crippen LogP contribution is 2.09. The lowest BCUT2D eigenvalue weighted by molar-refractivity contribution is 0.277. The zero-order chi connectivity index (χ0) is 19.2. The molecule has 1 aromatic rings. The molecule has 0 unspecified atom stereocenters. The first-order valence-corrected chi connectivity index (χ1v) is 9.69. The van der Waals surface area contributed by atoms with E-state index in [1.165, 1.54) is 32.4 Å². The van der Waals surface area contributed by atoms with E-state index < -0.39 is 0 Å². The Balaban J connectivity index is -0.000000293. The molecule has 0 saturated carbocycles. The fraction of sp³-hybridized carbons (Fsp3) is 0.750. The number of likely N-dealkylation sites (tertiary alicyclic amines) is 1. The second-order valence-corrected chi connectivity index (χ2v) is 4.46. The van der Waals surface area contributed by atoms with Gasteiger partial charge in [-0.3, -0.25) is 0 Å². The van der Waals surface area contributed by atoms with E-state index in [9.17, 15) is 0 Å². The van der Waals surface area contributed by atoms with Crippen molar-refractivity contribution in [3.63, 3.8) is 0 Å². The zero-order valence-electron chi connectivity index (χ0n) is 17.8. The topological polar surface area (TPSA) is 37.4 Å². The molecule has 1 aliphatic rings. The Kier molecular flexibility index (Phi) is 27.5. The SMILES string of the molecule is CC.CC.CC.CCNc1cccc(OC)n1.CN1CCCCC1. The number of hydrogen-bond acceptors (Lipinski definition) is 4. The van der Waals surface area contributed by atoms with Gasteiger partial charge in [0.25, 0.3) is 0 Å². The van der Waals surface area contributed by atoms with Gasteiger partial charge in [-0.05, 0) is 46.0 Å². The average molecular weight is 342 g/mol. The summed E-state index contributed by atoms with van der Waals surface area (Å²) in [5.41, 5.74) is 0. The third-order valence-electron chi connectivity index (χ3n) is 2.87. The quantitative estimate of drug-likeness (QED) is 0.765. The predicted octanol–water partition coefficient (Wildman–Crippen LogP) is 5.70. The van der Waals surface area contributed by atoms with Crippen molar-refractivity contribution in [3.05, 3.63) is 18.2 Å². The van der Waals surface area contributed by atoms with Crippen LogP contribution in [-0.2, 0) is 0 Å². The van der Waals surface area contributed by atoms with Crippen LogP contribution in [0.3, 0.4) is 0 Å². The van der Waals surface area contributed by atoms with Crippen molar-refractivity contribution >= 4 is 5.82 Å². The predicted molar refractivity (Wildman–Crippen MR) is 110 cm³/mol. The number of pyridine rings is 1. The average Bonchev–Trinajstić information content (AvgIpc) is 2.68. The second-order valence-electron chi connectivity index (χ2n) is 4.46. The van der Waals surface area contributed by atoms with E-state index in [2.05, 4.69) is 22.2 Å². The standard InChI is InChI=1S/C8H12N2O.C6H13N.3C2H6/c1-3-9-7-5-4-6-8(10-7)11-2;1-7-5-3-2-4-6-7;3*1-2/h4-6H,3H2,1-2H3,(H,9,10);2-6H2,1H3;3*1-2H3. The third-order valence-corrected chi connectivity index (χ3v) is 2.87. The molecule has 1 fully saturated rings. The number of piperidine rings is 1. The van der Waals surface area contributed by atoms with Crippen LogP contribution in [-0.4, -0.2) is 43.7 Å². The van der Waals surface area contributed by atoms with Crippen molar-refractivity contribution in [1.29, 1.82) is 0 Å². The second kappa shape index (κ2) is 24.0. The van der Waals surface area contributed by atoms with Gasteiger partial charge in [0.15, 0.2) is 0 Å². The van der Waals surface area contributed by atoms with Crippen molar-refractivity contribution < 1.29 is 4.74 Å². The zero-order valence-corrected chi connectivity index (χ0v) is 17.8. The Hall–Kier alpha value is -1.29. The molecule has 0 bridgehead atoms. The monoisotopic (exact) mass is 341 g/mol. The Morgan fingerprint density at radius 1 is 1.00 bits per heavy atom. The molecule has 24 heavy (non-hydrogen) atoms. The van der Waals surface area contributed by atoms with Crippen LogP contribution >= 0.6 is 0 Å². The fourth-order valence-electron chi connectivity index (χ4n) is 1.86. The van der Waals surface area contributed by atoms with Crippen molar-refractivity contribution in [1.82, 2.24) is 9.88 Å². The van der Waals surface area contributed by atoms with Gasteiger partial charge in [0.2, 0.25) is 5.88 Å². The first-order chi connectivity index (χ1) is 11.8. The van der Waals surface area contributed by atoms with Gasteiger partial charge in [0, 0.05) is 12.6 Å². The molecule has 0 aromatic carbocycles. The van der Waals surface area contributed by atoms with Crippen molar-refractivity contribution in [2.75, 3.05) is 39.1 Å². The summed E-state index contributed by atoms with van der Waals surface area (Å²) in [5, 5.41) is 3.09. The molecule has 2 heterocycles. The molecule has 0 spiro atoms. The number of anilines is 1. The molecule has 0 amide bonds. The van der Waals surface area contributed by atoms with Crippen LogP contribution in [0, 0.1) is 0 Å². The van der Waals surface area contributed by atoms with Gasteiger partial charge in [0.1, 0.15) is 5.82 Å². The highest BCUT2D eigenvalue weighted by atomic mass is 16.5. The lowest BCUT2D eigenvalue weighted by Crippen LogP contribution is -2.24. The molecule has 1 saturated heterocycles. The molecule has 144 valence electrons. The number of ether oxygens (including phenoxy) is 1. The maximum absolute atomic E-state index is 4.95. The van der Waals surface area contributed by atoms with Crippen LogP contribution in [0.1, 0.15) is 67.7 Å². The maximum Gasteiger partial charge on any atom is 0.214 e. The number of rotatable bonds is 3. The Morgan fingerprint density at radius 2 is 1.54 bits per heavy atom. The van der Waals surface area contributed by atoms with E-state index in [0.29, 0.717) is 5.88 Å². The third kappa shape index (κ3) is 17.1. The summed E-state index contributed by atoms with van der Waals surface area (Å²) >= 11 is 0. The summed E-state index contributed by atoms with van der Waals surface area (Å²) in [5.74, 6) is 1.50. The normalized spacial score (nSPS) is 12.4. The van der Waals surface area contributed by atoms with Gasteiger partial charge in [-0.15, -0.1) is 0 Å². The van der Waals surface area contributed by atoms with Crippen LogP contribution < -0.4 is 10.1 Å². The van der Waals surface area contributed by atoms with Crippen LogP contribution in [0.5, 0.6) is 5.88 Å². The molecule has 4 heteroatoms. The van der Waals surface area contributed by atoms with E-state index in [0.717, 1.165) is 12.4 Å². The summed E-state index contributed by atoms with van der Waals surface area (Å²) < 4.78 is 4.95. The number of methoxy groups -OCH3 is 1. The number of nitrogens with one attached hydrogen (secondary N) is 1. The van der Waals surface area contributed by atoms with Gasteiger partial charge >= 0.3 is 0 Å². The van der Waals surface area contributed by atoms with E-state index in [-0.39, 0.29) is 0 Å². The highest BCUT2D eigenvalue weighted by molar-refractivity contribution is 5.36. The van der Waals surface area contributed by atoms with Crippen LogP contribution in [0.4, 0.5) is 5.82 Å². The fourth-order valence-corrected chi connectivity index (χ4v) is 1.86. The number of hydrogen-bond donors (Lipinski definition) is 1. The van der Waals surface area contributed by atoms with Crippen LogP contribution in [0.15, 0.2) is 18.2 Å². The summed E-state index contributed by atoms with van der Waals surface area (Å²) in [6, 6.07) is 5.64.